The van der Waals surface area contributed by atoms with Crippen molar-refractivity contribution < 1.29 is 4.79 Å². The summed E-state index contributed by atoms with van der Waals surface area (Å²) in [7, 11) is 1.93. The fourth-order valence-corrected chi connectivity index (χ4v) is 3.15. The third-order valence-electron chi connectivity index (χ3n) is 2.49. The van der Waals surface area contributed by atoms with Crippen LogP contribution in [0.25, 0.3) is 0 Å². The molecule has 0 radical (unpaired) electrons. The van der Waals surface area contributed by atoms with Gasteiger partial charge in [-0.25, -0.2) is 0 Å². The van der Waals surface area contributed by atoms with Crippen LogP contribution >= 0.6 is 35.0 Å². The Labute approximate surface area is 135 Å². The van der Waals surface area contributed by atoms with Crippen molar-refractivity contribution >= 4 is 40.9 Å². The van der Waals surface area contributed by atoms with Crippen molar-refractivity contribution in [2.45, 2.75) is 24.8 Å². The first-order valence-corrected chi connectivity index (χ1v) is 8.18. The van der Waals surface area contributed by atoms with E-state index in [-0.39, 0.29) is 11.9 Å². The third-order valence-corrected chi connectivity index (χ3v) is 4.20. The van der Waals surface area contributed by atoms with Gasteiger partial charge < -0.3 is 5.32 Å². The molecule has 0 unspecified atom stereocenters. The number of nitrogens with one attached hydrogen (secondary N) is 1. The minimum Gasteiger partial charge on any atom is -0.353 e. The summed E-state index contributed by atoms with van der Waals surface area (Å²) in [4.78, 5) is 14.6. The molecule has 0 spiro atoms. The molecule has 0 aliphatic heterocycles. The molecular weight excluding hydrogens is 315 g/mol. The topological polar surface area (TPSA) is 32.3 Å². The average Bonchev–Trinajstić information content (AvgIpc) is 2.32. The van der Waals surface area contributed by atoms with E-state index >= 15 is 0 Å². The Balaban J connectivity index is 2.33. The normalized spacial score (nSPS) is 11.2. The van der Waals surface area contributed by atoms with Gasteiger partial charge in [0.25, 0.3) is 0 Å². The van der Waals surface area contributed by atoms with E-state index in [1.165, 1.54) is 0 Å². The molecule has 0 atom stereocenters. The zero-order valence-corrected chi connectivity index (χ0v) is 14.3. The Morgan fingerprint density at radius 2 is 2.10 bits per heavy atom. The lowest BCUT2D eigenvalue weighted by Crippen LogP contribution is -2.39. The number of halogens is 2. The molecule has 6 heteroatoms. The summed E-state index contributed by atoms with van der Waals surface area (Å²) in [6.07, 6.45) is 0. The molecule has 1 aromatic rings. The summed E-state index contributed by atoms with van der Waals surface area (Å²) in [5.74, 6) is 0.902. The molecule has 3 nitrogen and oxygen atoms in total. The predicted octanol–water partition coefficient (Wildman–Crippen LogP) is 3.54. The second-order valence-electron chi connectivity index (χ2n) is 4.88. The van der Waals surface area contributed by atoms with Crippen LogP contribution in [0.15, 0.2) is 23.1 Å². The maximum absolute atomic E-state index is 11.6. The number of likely N-dealkylation sites (N-methyl/N-ethyl adjacent to an activating group) is 1. The van der Waals surface area contributed by atoms with E-state index < -0.39 is 0 Å². The molecule has 1 N–H and O–H groups in total. The number of carbonyl (C=O) groups excluding carboxylic acids is 1. The highest BCUT2D eigenvalue weighted by atomic mass is 35.5. The molecule has 0 fully saturated rings. The van der Waals surface area contributed by atoms with E-state index in [9.17, 15) is 4.79 Å². The summed E-state index contributed by atoms with van der Waals surface area (Å²) in [5, 5.41) is 4.26. The molecular formula is C14H20Cl2N2OS. The fourth-order valence-electron chi connectivity index (χ4n) is 1.59. The Bertz CT molecular complexity index is 455. The number of nitrogens with zero attached hydrogens (tertiary/aromatic N) is 1. The molecule has 20 heavy (non-hydrogen) atoms. The second-order valence-corrected chi connectivity index (χ2v) is 6.86. The highest BCUT2D eigenvalue weighted by molar-refractivity contribution is 7.99. The van der Waals surface area contributed by atoms with Crippen molar-refractivity contribution in [3.63, 3.8) is 0 Å². The lowest BCUT2D eigenvalue weighted by atomic mass is 10.4. The van der Waals surface area contributed by atoms with Crippen molar-refractivity contribution in [2.24, 2.45) is 0 Å². The molecule has 1 rings (SSSR count). The molecule has 0 saturated heterocycles. The molecule has 0 bridgehead atoms. The van der Waals surface area contributed by atoms with E-state index in [4.69, 9.17) is 23.2 Å². The van der Waals surface area contributed by atoms with Crippen molar-refractivity contribution in [3.8, 4) is 0 Å². The molecule has 0 saturated carbocycles. The molecule has 0 aromatic heterocycles. The van der Waals surface area contributed by atoms with Gasteiger partial charge >= 0.3 is 0 Å². The Kier molecular flexibility index (Phi) is 7.74. The first kappa shape index (κ1) is 17.6. The molecule has 0 aliphatic carbocycles. The lowest BCUT2D eigenvalue weighted by molar-refractivity contribution is -0.122. The summed E-state index contributed by atoms with van der Waals surface area (Å²) >= 11 is 13.7. The van der Waals surface area contributed by atoms with Crippen LogP contribution < -0.4 is 5.32 Å². The van der Waals surface area contributed by atoms with E-state index in [0.717, 1.165) is 17.2 Å². The highest BCUT2D eigenvalue weighted by Crippen LogP contribution is 2.29. The van der Waals surface area contributed by atoms with Crippen LogP contribution in [-0.2, 0) is 4.79 Å². The Morgan fingerprint density at radius 1 is 1.40 bits per heavy atom. The zero-order valence-electron chi connectivity index (χ0n) is 12.0. The van der Waals surface area contributed by atoms with Crippen molar-refractivity contribution in [1.82, 2.24) is 10.2 Å². The van der Waals surface area contributed by atoms with E-state index in [1.807, 2.05) is 31.9 Å². The maximum atomic E-state index is 11.6. The van der Waals surface area contributed by atoms with Gasteiger partial charge in [-0.3, -0.25) is 9.69 Å². The minimum atomic E-state index is 0.0493. The van der Waals surface area contributed by atoms with Crippen molar-refractivity contribution in [3.05, 3.63) is 28.2 Å². The summed E-state index contributed by atoms with van der Waals surface area (Å²) in [6, 6.07) is 5.61. The van der Waals surface area contributed by atoms with Crippen LogP contribution in [0.4, 0.5) is 0 Å². The van der Waals surface area contributed by atoms with Gasteiger partial charge in [-0.05, 0) is 39.1 Å². The van der Waals surface area contributed by atoms with Gasteiger partial charge in [0, 0.05) is 28.3 Å². The molecule has 112 valence electrons. The second kappa shape index (κ2) is 8.78. The Morgan fingerprint density at radius 3 is 2.75 bits per heavy atom. The number of thioether (sulfide) groups is 1. The molecule has 1 aromatic carbocycles. The van der Waals surface area contributed by atoms with Crippen LogP contribution in [0, 0.1) is 0 Å². The van der Waals surface area contributed by atoms with E-state index in [1.54, 1.807) is 23.9 Å². The number of hydrogen-bond donors (Lipinski definition) is 1. The van der Waals surface area contributed by atoms with Gasteiger partial charge in [-0.15, -0.1) is 11.8 Å². The van der Waals surface area contributed by atoms with Gasteiger partial charge in [0.15, 0.2) is 0 Å². The van der Waals surface area contributed by atoms with Gasteiger partial charge in [0.1, 0.15) is 0 Å². The number of benzene rings is 1. The Hall–Kier alpha value is -0.420. The van der Waals surface area contributed by atoms with Gasteiger partial charge in [-0.2, -0.15) is 0 Å². The van der Waals surface area contributed by atoms with Crippen LogP contribution in [0.1, 0.15) is 13.8 Å². The van der Waals surface area contributed by atoms with Gasteiger partial charge in [0.05, 0.1) is 11.6 Å². The van der Waals surface area contributed by atoms with Gasteiger partial charge in [0.2, 0.25) is 5.91 Å². The van der Waals surface area contributed by atoms with E-state index in [0.29, 0.717) is 16.6 Å². The zero-order chi connectivity index (χ0) is 15.1. The summed E-state index contributed by atoms with van der Waals surface area (Å²) in [5.41, 5.74) is 0. The van der Waals surface area contributed by atoms with Crippen LogP contribution in [0.3, 0.4) is 0 Å². The number of amides is 1. The first-order chi connectivity index (χ1) is 9.38. The standard InChI is InChI=1S/C14H20Cl2N2OS/c1-10(2)17-14(19)9-18(3)6-7-20-13-8-11(15)4-5-12(13)16/h4-5,8,10H,6-7,9H2,1-3H3,(H,17,19). The fraction of sp³-hybridized carbons (Fsp3) is 0.500. The van der Waals surface area contributed by atoms with Crippen LogP contribution in [0.5, 0.6) is 0 Å². The minimum absolute atomic E-state index is 0.0493. The lowest BCUT2D eigenvalue weighted by Gasteiger charge is -2.17. The smallest absolute Gasteiger partial charge is 0.234 e. The monoisotopic (exact) mass is 334 g/mol. The van der Waals surface area contributed by atoms with Crippen molar-refractivity contribution in [2.75, 3.05) is 25.9 Å². The quantitative estimate of drug-likeness (QED) is 0.774. The number of carbonyl (C=O) groups is 1. The van der Waals surface area contributed by atoms with Crippen LogP contribution in [0.2, 0.25) is 10.0 Å². The van der Waals surface area contributed by atoms with Crippen molar-refractivity contribution in [1.29, 1.82) is 0 Å². The maximum Gasteiger partial charge on any atom is 0.234 e. The van der Waals surface area contributed by atoms with E-state index in [2.05, 4.69) is 5.32 Å². The number of hydrogen-bond acceptors (Lipinski definition) is 3. The third kappa shape index (κ3) is 6.84. The van der Waals surface area contributed by atoms with Crippen LogP contribution in [-0.4, -0.2) is 42.7 Å². The molecule has 0 aliphatic rings. The first-order valence-electron chi connectivity index (χ1n) is 6.44. The molecule has 1 amide bonds. The summed E-state index contributed by atoms with van der Waals surface area (Å²) in [6.45, 7) is 5.12. The number of rotatable bonds is 7. The van der Waals surface area contributed by atoms with Gasteiger partial charge in [-0.1, -0.05) is 23.2 Å². The highest BCUT2D eigenvalue weighted by Gasteiger charge is 2.08. The predicted molar refractivity (Wildman–Crippen MR) is 88.0 cm³/mol. The largest absolute Gasteiger partial charge is 0.353 e. The summed E-state index contributed by atoms with van der Waals surface area (Å²) < 4.78 is 0. The average molecular weight is 335 g/mol. The molecule has 0 heterocycles. The SMILES string of the molecule is CC(C)NC(=O)CN(C)CCSc1cc(Cl)ccc1Cl.